The molecule has 1 saturated heterocycles. The normalized spacial score (nSPS) is 16.5. The monoisotopic (exact) mass is 347 g/mol. The number of rotatable bonds is 7. The molecular formula is C16H20BN2O6. The van der Waals surface area contributed by atoms with Crippen LogP contribution in [0.3, 0.4) is 0 Å². The van der Waals surface area contributed by atoms with Gasteiger partial charge in [0.1, 0.15) is 0 Å². The van der Waals surface area contributed by atoms with Crippen molar-refractivity contribution < 1.29 is 23.8 Å². The number of hydrogen-bond donors (Lipinski definition) is 0. The Hall–Kier alpha value is -2.39. The zero-order valence-electron chi connectivity index (χ0n) is 14.3. The third-order valence-electron chi connectivity index (χ3n) is 3.73. The number of ether oxygens (including phenoxy) is 2. The minimum Gasteiger partial charge on any atom is -0.475 e. The van der Waals surface area contributed by atoms with Crippen LogP contribution in [-0.4, -0.2) is 57.2 Å². The molecule has 1 aliphatic heterocycles. The van der Waals surface area contributed by atoms with Crippen LogP contribution in [0.4, 0.5) is 5.69 Å². The molecule has 0 N–H and O–H groups in total. The highest BCUT2D eigenvalue weighted by molar-refractivity contribution is 6.23. The molecule has 9 heteroatoms. The van der Waals surface area contributed by atoms with Crippen molar-refractivity contribution in [1.29, 1.82) is 0 Å². The van der Waals surface area contributed by atoms with E-state index in [-0.39, 0.29) is 18.0 Å². The molecule has 25 heavy (non-hydrogen) atoms. The van der Waals surface area contributed by atoms with E-state index in [1.54, 1.807) is 20.8 Å². The Bertz CT molecular complexity index is 662. The third kappa shape index (κ3) is 5.58. The molecule has 0 aliphatic carbocycles. The fourth-order valence-corrected chi connectivity index (χ4v) is 2.61. The molecule has 1 aromatic carbocycles. The summed E-state index contributed by atoms with van der Waals surface area (Å²) in [7, 11) is 4.51. The van der Waals surface area contributed by atoms with Crippen LogP contribution in [0.5, 0.6) is 5.75 Å². The molecule has 1 fully saturated rings. The van der Waals surface area contributed by atoms with E-state index in [9.17, 15) is 14.9 Å². The highest BCUT2D eigenvalue weighted by atomic mass is 16.6. The average Bonchev–Trinajstić information content (AvgIpc) is 2.60. The lowest BCUT2D eigenvalue weighted by molar-refractivity contribution is -0.385. The van der Waals surface area contributed by atoms with Crippen molar-refractivity contribution in [1.82, 2.24) is 4.81 Å². The molecule has 1 heterocycles. The smallest absolute Gasteiger partial charge is 0.398 e. The number of nitro groups is 1. The van der Waals surface area contributed by atoms with Gasteiger partial charge in [0.05, 0.1) is 12.0 Å². The molecule has 0 saturated carbocycles. The molecule has 1 aliphatic rings. The van der Waals surface area contributed by atoms with Crippen LogP contribution < -0.4 is 4.74 Å². The number of methoxy groups -OCH3 is 1. The van der Waals surface area contributed by atoms with Crippen molar-refractivity contribution in [2.45, 2.75) is 12.8 Å². The summed E-state index contributed by atoms with van der Waals surface area (Å²) in [5, 5.41) is 11.3. The number of benzene rings is 1. The summed E-state index contributed by atoms with van der Waals surface area (Å²) in [6, 6.07) is 4.67. The molecule has 0 unspecified atom stereocenters. The van der Waals surface area contributed by atoms with E-state index in [4.69, 9.17) is 9.39 Å². The topological polar surface area (TPSA) is 91.1 Å². The van der Waals surface area contributed by atoms with Crippen molar-refractivity contribution >= 4 is 25.3 Å². The molecule has 0 aromatic heterocycles. The SMILES string of the molecule is CO[B]N1CCCC(=Cc2ccc(OCC(=O)OC)c([N+](=O)[O-])c2)C1. The predicted molar refractivity (Wildman–Crippen MR) is 92.2 cm³/mol. The van der Waals surface area contributed by atoms with Gasteiger partial charge in [-0.05, 0) is 31.0 Å². The zero-order valence-corrected chi connectivity index (χ0v) is 14.3. The van der Waals surface area contributed by atoms with Gasteiger partial charge in [-0.25, -0.2) is 4.79 Å². The Kier molecular flexibility index (Phi) is 6.97. The minimum atomic E-state index is -0.600. The molecule has 133 valence electrons. The maximum absolute atomic E-state index is 11.3. The molecule has 2 rings (SSSR count). The molecule has 1 radical (unpaired) electrons. The molecule has 0 spiro atoms. The Balaban J connectivity index is 2.16. The van der Waals surface area contributed by atoms with E-state index in [0.29, 0.717) is 5.56 Å². The second-order valence-corrected chi connectivity index (χ2v) is 5.57. The number of nitrogens with zero attached hydrogens (tertiary/aromatic N) is 2. The largest absolute Gasteiger partial charge is 0.475 e. The number of hydrogen-bond acceptors (Lipinski definition) is 7. The molecule has 0 bridgehead atoms. The van der Waals surface area contributed by atoms with Crippen molar-refractivity contribution in [2.24, 2.45) is 0 Å². The van der Waals surface area contributed by atoms with Gasteiger partial charge >= 0.3 is 19.3 Å². The average molecular weight is 347 g/mol. The highest BCUT2D eigenvalue weighted by Crippen LogP contribution is 2.29. The van der Waals surface area contributed by atoms with E-state index in [1.807, 2.05) is 6.08 Å². The van der Waals surface area contributed by atoms with Crippen LogP contribution in [0.15, 0.2) is 23.8 Å². The van der Waals surface area contributed by atoms with Crippen LogP contribution in [0, 0.1) is 10.1 Å². The molecule has 0 amide bonds. The summed E-state index contributed by atoms with van der Waals surface area (Å²) < 4.78 is 14.7. The lowest BCUT2D eigenvalue weighted by Crippen LogP contribution is -2.35. The first-order chi connectivity index (χ1) is 12.0. The van der Waals surface area contributed by atoms with Crippen molar-refractivity contribution in [2.75, 3.05) is 33.9 Å². The van der Waals surface area contributed by atoms with Gasteiger partial charge in [-0.15, -0.1) is 0 Å². The number of carbonyl (C=O) groups is 1. The Morgan fingerprint density at radius 3 is 2.92 bits per heavy atom. The summed E-state index contributed by atoms with van der Waals surface area (Å²) in [5.74, 6) is -0.562. The van der Waals surface area contributed by atoms with Gasteiger partial charge in [0.25, 0.3) is 0 Å². The second kappa shape index (κ2) is 9.19. The molecular weight excluding hydrogens is 327 g/mol. The minimum absolute atomic E-state index is 0.0375. The van der Waals surface area contributed by atoms with Crippen LogP contribution in [0.25, 0.3) is 6.08 Å². The predicted octanol–water partition coefficient (Wildman–Crippen LogP) is 1.81. The first kappa shape index (κ1) is 18.9. The summed E-state index contributed by atoms with van der Waals surface area (Å²) in [6.45, 7) is 1.27. The quantitative estimate of drug-likeness (QED) is 0.321. The number of carbonyl (C=O) groups excluding carboxylic acids is 1. The van der Waals surface area contributed by atoms with E-state index in [2.05, 4.69) is 9.55 Å². The van der Waals surface area contributed by atoms with E-state index in [1.165, 1.54) is 19.2 Å². The first-order valence-electron chi connectivity index (χ1n) is 7.81. The highest BCUT2D eigenvalue weighted by Gasteiger charge is 2.19. The number of esters is 1. The standard InChI is InChI=1S/C16H20BN2O6/c1-23-16(20)11-25-15-6-5-12(9-14(15)19(21)22)8-13-4-3-7-18(10-13)17-24-2/h5-6,8-9H,3-4,7,10-11H2,1-2H3. The van der Waals surface area contributed by atoms with Gasteiger partial charge in [0.15, 0.2) is 12.4 Å². The number of nitro benzene ring substituents is 1. The summed E-state index contributed by atoms with van der Waals surface area (Å²) >= 11 is 0. The van der Waals surface area contributed by atoms with Gasteiger partial charge in [0.2, 0.25) is 0 Å². The lowest BCUT2D eigenvalue weighted by Gasteiger charge is -2.26. The Labute approximate surface area is 146 Å². The van der Waals surface area contributed by atoms with E-state index in [0.717, 1.165) is 31.5 Å². The van der Waals surface area contributed by atoms with Crippen molar-refractivity contribution in [3.8, 4) is 5.75 Å². The Morgan fingerprint density at radius 2 is 2.24 bits per heavy atom. The van der Waals surface area contributed by atoms with Gasteiger partial charge in [-0.3, -0.25) is 10.1 Å². The van der Waals surface area contributed by atoms with Crippen LogP contribution in [0.1, 0.15) is 18.4 Å². The van der Waals surface area contributed by atoms with E-state index < -0.39 is 10.9 Å². The first-order valence-corrected chi connectivity index (χ1v) is 7.81. The maximum atomic E-state index is 11.3. The molecule has 0 atom stereocenters. The third-order valence-corrected chi connectivity index (χ3v) is 3.73. The van der Waals surface area contributed by atoms with Gasteiger partial charge in [-0.1, -0.05) is 17.7 Å². The lowest BCUT2D eigenvalue weighted by atomic mass is 9.97. The fourth-order valence-electron chi connectivity index (χ4n) is 2.61. The van der Waals surface area contributed by atoms with Crippen molar-refractivity contribution in [3.63, 3.8) is 0 Å². The van der Waals surface area contributed by atoms with Gasteiger partial charge < -0.3 is 18.9 Å². The van der Waals surface area contributed by atoms with Crippen LogP contribution >= 0.6 is 0 Å². The second-order valence-electron chi connectivity index (χ2n) is 5.57. The summed E-state index contributed by atoms with van der Waals surface area (Å²) in [6.07, 6.45) is 3.86. The van der Waals surface area contributed by atoms with Gasteiger partial charge in [0, 0.05) is 19.7 Å². The van der Waals surface area contributed by atoms with Crippen molar-refractivity contribution in [3.05, 3.63) is 39.4 Å². The summed E-state index contributed by atoms with van der Waals surface area (Å²) in [5.41, 5.74) is 1.69. The molecule has 1 aromatic rings. The van der Waals surface area contributed by atoms with Crippen LogP contribution in [-0.2, 0) is 14.2 Å². The maximum Gasteiger partial charge on any atom is 0.398 e. The molecule has 8 nitrogen and oxygen atoms in total. The van der Waals surface area contributed by atoms with Gasteiger partial charge in [-0.2, -0.15) is 0 Å². The fraction of sp³-hybridized carbons (Fsp3) is 0.438. The number of piperidine rings is 1. The summed E-state index contributed by atoms with van der Waals surface area (Å²) in [4.78, 5) is 23.9. The van der Waals surface area contributed by atoms with E-state index >= 15 is 0 Å². The van der Waals surface area contributed by atoms with Crippen LogP contribution in [0.2, 0.25) is 0 Å². The Morgan fingerprint density at radius 1 is 1.44 bits per heavy atom. The zero-order chi connectivity index (χ0) is 18.2.